The molecule has 2 heterocycles. The molecule has 0 saturated carbocycles. The van der Waals surface area contributed by atoms with Crippen molar-refractivity contribution < 1.29 is 14.6 Å². The minimum atomic E-state index is -0.744. The van der Waals surface area contributed by atoms with Crippen LogP contribution in [0.15, 0.2) is 34.8 Å². The minimum absolute atomic E-state index is 0.118. The van der Waals surface area contributed by atoms with Crippen LogP contribution in [0.3, 0.4) is 0 Å². The van der Waals surface area contributed by atoms with Crippen LogP contribution < -0.4 is 4.74 Å². The third-order valence-electron chi connectivity index (χ3n) is 4.68. The third-order valence-corrected chi connectivity index (χ3v) is 6.22. The highest BCUT2D eigenvalue weighted by Crippen LogP contribution is 2.41. The molecule has 2 unspecified atom stereocenters. The molecule has 2 aromatic rings. The van der Waals surface area contributed by atoms with Gasteiger partial charge in [0.1, 0.15) is 11.8 Å². The second-order valence-corrected chi connectivity index (χ2v) is 8.56. The molecule has 3 rings (SSSR count). The first-order valence-corrected chi connectivity index (χ1v) is 10.0. The van der Waals surface area contributed by atoms with Crippen molar-refractivity contribution in [2.24, 2.45) is 0 Å². The molecule has 1 N–H and O–H groups in total. The normalized spacial score (nSPS) is 19.6. The van der Waals surface area contributed by atoms with Gasteiger partial charge in [0, 0.05) is 19.8 Å². The first-order valence-electron chi connectivity index (χ1n) is 8.39. The monoisotopic (exact) mass is 423 g/mol. The topological polar surface area (TPSA) is 49.8 Å². The number of rotatable bonds is 5. The number of aryl methyl sites for hydroxylation is 1. The van der Waals surface area contributed by atoms with E-state index >= 15 is 0 Å². The van der Waals surface area contributed by atoms with Crippen LogP contribution in [0, 0.1) is 6.92 Å². The molecule has 25 heavy (non-hydrogen) atoms. The van der Waals surface area contributed by atoms with Gasteiger partial charge in [0.05, 0.1) is 13.2 Å². The summed E-state index contributed by atoms with van der Waals surface area (Å²) in [5.41, 5.74) is 1.01. The molecule has 1 aromatic carbocycles. The summed E-state index contributed by atoms with van der Waals surface area (Å²) in [6.45, 7) is 2.85. The molecule has 0 amide bonds. The summed E-state index contributed by atoms with van der Waals surface area (Å²) in [5, 5.41) is 9.76. The fraction of sp³-hybridized carbons (Fsp3) is 0.421. The van der Waals surface area contributed by atoms with E-state index in [0.29, 0.717) is 6.42 Å². The lowest BCUT2D eigenvalue weighted by molar-refractivity contribution is -0.145. The molecule has 134 valence electrons. The Labute approximate surface area is 160 Å². The van der Waals surface area contributed by atoms with Gasteiger partial charge in [-0.15, -0.1) is 11.3 Å². The summed E-state index contributed by atoms with van der Waals surface area (Å²) < 4.78 is 6.57. The standard InChI is InChI=1S/C19H22BrNO3S/c1-12-6-9-17(25-12)18(14-11-13(20)7-8-16(14)24-2)21-10-4-3-5-15(21)19(22)23/h6-9,11,15,18H,3-5,10H2,1-2H3,(H,22,23). The number of hydrogen-bond acceptors (Lipinski definition) is 4. The zero-order valence-electron chi connectivity index (χ0n) is 14.4. The van der Waals surface area contributed by atoms with E-state index < -0.39 is 12.0 Å². The second kappa shape index (κ2) is 7.89. The molecule has 1 saturated heterocycles. The first kappa shape index (κ1) is 18.4. The molecule has 0 spiro atoms. The van der Waals surface area contributed by atoms with Crippen LogP contribution in [0.2, 0.25) is 0 Å². The van der Waals surface area contributed by atoms with Gasteiger partial charge in [-0.2, -0.15) is 0 Å². The average Bonchev–Trinajstić information content (AvgIpc) is 3.02. The third kappa shape index (κ3) is 3.91. The highest BCUT2D eigenvalue weighted by molar-refractivity contribution is 9.10. The number of halogens is 1. The highest BCUT2D eigenvalue weighted by Gasteiger charge is 2.36. The molecular weight excluding hydrogens is 402 g/mol. The van der Waals surface area contributed by atoms with Crippen LogP contribution in [-0.2, 0) is 4.79 Å². The van der Waals surface area contributed by atoms with Gasteiger partial charge in [0.25, 0.3) is 0 Å². The van der Waals surface area contributed by atoms with Gasteiger partial charge in [-0.25, -0.2) is 0 Å². The lowest BCUT2D eigenvalue weighted by atomic mass is 9.95. The Morgan fingerprint density at radius 3 is 2.80 bits per heavy atom. The van der Waals surface area contributed by atoms with Crippen molar-refractivity contribution in [1.29, 1.82) is 0 Å². The Morgan fingerprint density at radius 1 is 1.36 bits per heavy atom. The smallest absolute Gasteiger partial charge is 0.320 e. The predicted molar refractivity (Wildman–Crippen MR) is 104 cm³/mol. The maximum Gasteiger partial charge on any atom is 0.320 e. The van der Waals surface area contributed by atoms with E-state index in [1.807, 2.05) is 18.2 Å². The van der Waals surface area contributed by atoms with Crippen molar-refractivity contribution in [2.75, 3.05) is 13.7 Å². The molecule has 0 radical (unpaired) electrons. The lowest BCUT2D eigenvalue weighted by Crippen LogP contribution is -2.46. The summed E-state index contributed by atoms with van der Waals surface area (Å²) in [7, 11) is 1.66. The Kier molecular flexibility index (Phi) is 5.81. The number of likely N-dealkylation sites (tertiary alicyclic amines) is 1. The number of carboxylic acid groups (broad SMARTS) is 1. The molecule has 1 aliphatic heterocycles. The van der Waals surface area contributed by atoms with Crippen molar-refractivity contribution >= 4 is 33.2 Å². The highest BCUT2D eigenvalue weighted by atomic mass is 79.9. The number of piperidine rings is 1. The summed E-state index contributed by atoms with van der Waals surface area (Å²) in [4.78, 5) is 16.4. The van der Waals surface area contributed by atoms with Crippen molar-refractivity contribution in [1.82, 2.24) is 4.90 Å². The first-order chi connectivity index (χ1) is 12.0. The lowest BCUT2D eigenvalue weighted by Gasteiger charge is -2.39. The summed E-state index contributed by atoms with van der Waals surface area (Å²) in [6.07, 6.45) is 2.66. The van der Waals surface area contributed by atoms with Gasteiger partial charge < -0.3 is 9.84 Å². The Balaban J connectivity index is 2.13. The van der Waals surface area contributed by atoms with E-state index in [9.17, 15) is 9.90 Å². The second-order valence-electron chi connectivity index (χ2n) is 6.32. The summed E-state index contributed by atoms with van der Waals surface area (Å²) >= 11 is 5.27. The molecule has 6 heteroatoms. The van der Waals surface area contributed by atoms with Crippen LogP contribution in [-0.4, -0.2) is 35.7 Å². The van der Waals surface area contributed by atoms with E-state index in [0.717, 1.165) is 40.0 Å². The zero-order chi connectivity index (χ0) is 18.0. The molecule has 4 nitrogen and oxygen atoms in total. The van der Waals surface area contributed by atoms with Crippen LogP contribution >= 0.6 is 27.3 Å². The molecule has 0 aliphatic carbocycles. The van der Waals surface area contributed by atoms with E-state index in [-0.39, 0.29) is 6.04 Å². The maximum atomic E-state index is 11.9. The number of ether oxygens (including phenoxy) is 1. The van der Waals surface area contributed by atoms with Gasteiger partial charge in [0.15, 0.2) is 0 Å². The number of nitrogens with zero attached hydrogens (tertiary/aromatic N) is 1. The van der Waals surface area contributed by atoms with E-state index in [2.05, 4.69) is 39.9 Å². The average molecular weight is 424 g/mol. The number of aliphatic carboxylic acids is 1. The largest absolute Gasteiger partial charge is 0.496 e. The molecule has 1 fully saturated rings. The Bertz CT molecular complexity index is 761. The fourth-order valence-electron chi connectivity index (χ4n) is 3.54. The van der Waals surface area contributed by atoms with Gasteiger partial charge in [-0.3, -0.25) is 9.69 Å². The maximum absolute atomic E-state index is 11.9. The van der Waals surface area contributed by atoms with Gasteiger partial charge in [-0.05, 0) is 56.6 Å². The van der Waals surface area contributed by atoms with Crippen LogP contribution in [0.4, 0.5) is 0 Å². The van der Waals surface area contributed by atoms with Crippen LogP contribution in [0.1, 0.15) is 40.6 Å². The Hall–Kier alpha value is -1.37. The molecule has 0 bridgehead atoms. The van der Waals surface area contributed by atoms with Crippen LogP contribution in [0.25, 0.3) is 0 Å². The fourth-order valence-corrected chi connectivity index (χ4v) is 4.94. The zero-order valence-corrected chi connectivity index (χ0v) is 16.8. The van der Waals surface area contributed by atoms with Crippen molar-refractivity contribution in [3.05, 3.63) is 50.1 Å². The Morgan fingerprint density at radius 2 is 2.16 bits per heavy atom. The van der Waals surface area contributed by atoms with E-state index in [4.69, 9.17) is 4.74 Å². The van der Waals surface area contributed by atoms with Crippen molar-refractivity contribution in [3.63, 3.8) is 0 Å². The SMILES string of the molecule is COc1ccc(Br)cc1C(c1ccc(C)s1)N1CCCCC1C(=O)O. The summed E-state index contributed by atoms with van der Waals surface area (Å²) in [5.74, 6) is 0.0425. The molecular formula is C19H22BrNO3S. The van der Waals surface area contributed by atoms with E-state index in [1.54, 1.807) is 18.4 Å². The van der Waals surface area contributed by atoms with Crippen molar-refractivity contribution in [2.45, 2.75) is 38.3 Å². The molecule has 1 aromatic heterocycles. The number of hydrogen-bond donors (Lipinski definition) is 1. The predicted octanol–water partition coefficient (Wildman–Crippen LogP) is 4.86. The molecule has 2 atom stereocenters. The van der Waals surface area contributed by atoms with Gasteiger partial charge in [0.2, 0.25) is 0 Å². The summed E-state index contributed by atoms with van der Waals surface area (Å²) in [6, 6.07) is 9.55. The van der Waals surface area contributed by atoms with Crippen molar-refractivity contribution in [3.8, 4) is 5.75 Å². The van der Waals surface area contributed by atoms with Crippen LogP contribution in [0.5, 0.6) is 5.75 Å². The van der Waals surface area contributed by atoms with Gasteiger partial charge >= 0.3 is 5.97 Å². The number of thiophene rings is 1. The molecule has 1 aliphatic rings. The number of carbonyl (C=O) groups is 1. The van der Waals surface area contributed by atoms with Gasteiger partial charge in [-0.1, -0.05) is 22.4 Å². The van der Waals surface area contributed by atoms with E-state index in [1.165, 1.54) is 4.88 Å². The number of benzene rings is 1. The minimum Gasteiger partial charge on any atom is -0.496 e. The number of carboxylic acids is 1. The number of methoxy groups -OCH3 is 1. The quantitative estimate of drug-likeness (QED) is 0.745.